The van der Waals surface area contributed by atoms with Crippen molar-refractivity contribution < 1.29 is 14.3 Å². The van der Waals surface area contributed by atoms with Crippen molar-refractivity contribution in [3.05, 3.63) is 40.9 Å². The van der Waals surface area contributed by atoms with Crippen molar-refractivity contribution in [1.29, 1.82) is 0 Å². The minimum Gasteiger partial charge on any atom is -0.467 e. The number of hydrogen-bond donors (Lipinski definition) is 1. The second kappa shape index (κ2) is 6.60. The number of aryl methyl sites for hydroxylation is 1. The molecular weight excluding hydrogens is 298 g/mol. The van der Waals surface area contributed by atoms with Crippen molar-refractivity contribution in [2.75, 3.05) is 7.11 Å². The molecule has 0 aliphatic heterocycles. The Balaban J connectivity index is 2.07. The molecule has 0 aliphatic carbocycles. The molecule has 1 N–H and O–H groups in total. The average molecular weight is 317 g/mol. The lowest BCUT2D eigenvalue weighted by Crippen LogP contribution is -2.50. The number of nitrogens with one attached hydrogen (secondary N) is 1. The van der Waals surface area contributed by atoms with E-state index in [9.17, 15) is 14.4 Å². The lowest BCUT2D eigenvalue weighted by molar-refractivity contribution is -0.149. The molecule has 0 fully saturated rings. The fraction of sp³-hybridized carbons (Fsp3) is 0.375. The third kappa shape index (κ3) is 3.74. The van der Waals surface area contributed by atoms with E-state index in [1.807, 2.05) is 0 Å². The van der Waals surface area contributed by atoms with E-state index in [-0.39, 0.29) is 24.4 Å². The number of amides is 1. The van der Waals surface area contributed by atoms with Crippen LogP contribution in [0.5, 0.6) is 0 Å². The molecule has 1 aromatic carbocycles. The number of benzene rings is 1. The van der Waals surface area contributed by atoms with Gasteiger partial charge in [-0.05, 0) is 26.0 Å². The van der Waals surface area contributed by atoms with Crippen LogP contribution in [0, 0.1) is 0 Å². The molecule has 0 aliphatic rings. The Bertz CT molecular complexity index is 795. The standard InChI is InChI=1S/C16H19N3O4/c1-16(2,15(22)23-3)18-13(20)8-9-19-10-17-12-7-5-4-6-11(12)14(19)21/h4-7,10H,8-9H2,1-3H3,(H,18,20). The first-order valence-electron chi connectivity index (χ1n) is 7.19. The van der Waals surface area contributed by atoms with Gasteiger partial charge in [0, 0.05) is 13.0 Å². The molecule has 0 radical (unpaired) electrons. The summed E-state index contributed by atoms with van der Waals surface area (Å²) < 4.78 is 6.01. The Labute approximate surface area is 133 Å². The Hall–Kier alpha value is -2.70. The number of carbonyl (C=O) groups is 2. The number of fused-ring (bicyclic) bond motifs is 1. The lowest BCUT2D eigenvalue weighted by Gasteiger charge is -2.23. The fourth-order valence-electron chi connectivity index (χ4n) is 2.20. The van der Waals surface area contributed by atoms with Crippen molar-refractivity contribution in [2.24, 2.45) is 0 Å². The summed E-state index contributed by atoms with van der Waals surface area (Å²) >= 11 is 0. The lowest BCUT2D eigenvalue weighted by atomic mass is 10.1. The van der Waals surface area contributed by atoms with Crippen LogP contribution >= 0.6 is 0 Å². The van der Waals surface area contributed by atoms with Gasteiger partial charge < -0.3 is 10.1 Å². The van der Waals surface area contributed by atoms with Gasteiger partial charge in [0.05, 0.1) is 24.3 Å². The largest absolute Gasteiger partial charge is 0.467 e. The number of ether oxygens (including phenoxy) is 1. The van der Waals surface area contributed by atoms with E-state index in [2.05, 4.69) is 15.0 Å². The topological polar surface area (TPSA) is 90.3 Å². The van der Waals surface area contributed by atoms with Gasteiger partial charge >= 0.3 is 5.97 Å². The zero-order valence-electron chi connectivity index (χ0n) is 13.3. The highest BCUT2D eigenvalue weighted by Crippen LogP contribution is 2.06. The molecule has 1 aromatic heterocycles. The zero-order chi connectivity index (χ0) is 17.0. The second-order valence-corrected chi connectivity index (χ2v) is 5.68. The van der Waals surface area contributed by atoms with Gasteiger partial charge in [0.25, 0.3) is 5.56 Å². The zero-order valence-corrected chi connectivity index (χ0v) is 13.3. The minimum atomic E-state index is -1.11. The fourth-order valence-corrected chi connectivity index (χ4v) is 2.20. The summed E-state index contributed by atoms with van der Waals surface area (Å²) in [5.41, 5.74) is -0.695. The Morgan fingerprint density at radius 1 is 1.30 bits per heavy atom. The molecule has 7 nitrogen and oxygen atoms in total. The van der Waals surface area contributed by atoms with Gasteiger partial charge in [-0.1, -0.05) is 12.1 Å². The van der Waals surface area contributed by atoms with Crippen molar-refractivity contribution in [3.8, 4) is 0 Å². The summed E-state index contributed by atoms with van der Waals surface area (Å²) in [7, 11) is 1.26. The third-order valence-corrected chi connectivity index (χ3v) is 3.46. The molecule has 2 aromatic rings. The smallest absolute Gasteiger partial charge is 0.330 e. The Kier molecular flexibility index (Phi) is 4.78. The number of nitrogens with zero attached hydrogens (tertiary/aromatic N) is 2. The van der Waals surface area contributed by atoms with Crippen LogP contribution in [0.1, 0.15) is 20.3 Å². The summed E-state index contributed by atoms with van der Waals surface area (Å²) in [5.74, 6) is -0.879. The summed E-state index contributed by atoms with van der Waals surface area (Å²) in [4.78, 5) is 40.0. The molecular formula is C16H19N3O4. The third-order valence-electron chi connectivity index (χ3n) is 3.46. The molecule has 0 saturated heterocycles. The van der Waals surface area contributed by atoms with E-state index in [0.29, 0.717) is 10.9 Å². The number of methoxy groups -OCH3 is 1. The number of para-hydroxylation sites is 1. The van der Waals surface area contributed by atoms with E-state index < -0.39 is 11.5 Å². The second-order valence-electron chi connectivity index (χ2n) is 5.68. The Morgan fingerprint density at radius 2 is 2.00 bits per heavy atom. The number of hydrogen-bond acceptors (Lipinski definition) is 5. The van der Waals surface area contributed by atoms with Crippen LogP contribution in [0.25, 0.3) is 10.9 Å². The van der Waals surface area contributed by atoms with Gasteiger partial charge in [-0.2, -0.15) is 0 Å². The number of esters is 1. The monoisotopic (exact) mass is 317 g/mol. The number of rotatable bonds is 5. The van der Waals surface area contributed by atoms with E-state index in [1.165, 1.54) is 18.0 Å². The first kappa shape index (κ1) is 16.7. The summed E-state index contributed by atoms with van der Waals surface area (Å²) in [5, 5.41) is 3.09. The quantitative estimate of drug-likeness (QED) is 0.826. The Morgan fingerprint density at radius 3 is 2.70 bits per heavy atom. The van der Waals surface area contributed by atoms with Crippen LogP contribution in [0.3, 0.4) is 0 Å². The minimum absolute atomic E-state index is 0.0559. The molecule has 2 rings (SSSR count). The van der Waals surface area contributed by atoms with Crippen LogP contribution in [0.4, 0.5) is 0 Å². The summed E-state index contributed by atoms with van der Waals surface area (Å²) in [6.45, 7) is 3.29. The first-order chi connectivity index (χ1) is 10.8. The van der Waals surface area contributed by atoms with Crippen LogP contribution in [-0.2, 0) is 20.9 Å². The maximum Gasteiger partial charge on any atom is 0.330 e. The highest BCUT2D eigenvalue weighted by molar-refractivity contribution is 5.87. The van der Waals surface area contributed by atoms with Gasteiger partial charge in [0.15, 0.2) is 0 Å². The normalized spacial score (nSPS) is 11.3. The molecule has 122 valence electrons. The average Bonchev–Trinajstić information content (AvgIpc) is 2.53. The van der Waals surface area contributed by atoms with Gasteiger partial charge in [-0.25, -0.2) is 9.78 Å². The van der Waals surface area contributed by atoms with Crippen LogP contribution in [-0.4, -0.2) is 34.1 Å². The molecule has 23 heavy (non-hydrogen) atoms. The van der Waals surface area contributed by atoms with Crippen molar-refractivity contribution >= 4 is 22.8 Å². The molecule has 0 bridgehead atoms. The predicted molar refractivity (Wildman–Crippen MR) is 84.9 cm³/mol. The molecule has 0 saturated carbocycles. The number of aromatic nitrogens is 2. The van der Waals surface area contributed by atoms with Gasteiger partial charge in [0.2, 0.25) is 5.91 Å². The van der Waals surface area contributed by atoms with Gasteiger partial charge in [-0.3, -0.25) is 14.2 Å². The molecule has 0 atom stereocenters. The van der Waals surface area contributed by atoms with E-state index in [1.54, 1.807) is 38.1 Å². The van der Waals surface area contributed by atoms with Crippen LogP contribution in [0.2, 0.25) is 0 Å². The number of carbonyl (C=O) groups excluding carboxylic acids is 2. The van der Waals surface area contributed by atoms with E-state index in [4.69, 9.17) is 0 Å². The van der Waals surface area contributed by atoms with Crippen molar-refractivity contribution in [1.82, 2.24) is 14.9 Å². The summed E-state index contributed by atoms with van der Waals surface area (Å²) in [6, 6.07) is 7.02. The van der Waals surface area contributed by atoms with Gasteiger partial charge in [0.1, 0.15) is 5.54 Å². The molecule has 0 unspecified atom stereocenters. The van der Waals surface area contributed by atoms with E-state index in [0.717, 1.165) is 0 Å². The van der Waals surface area contributed by atoms with Gasteiger partial charge in [-0.15, -0.1) is 0 Å². The molecule has 7 heteroatoms. The maximum atomic E-state index is 12.3. The van der Waals surface area contributed by atoms with Crippen LogP contribution < -0.4 is 10.9 Å². The van der Waals surface area contributed by atoms with E-state index >= 15 is 0 Å². The highest BCUT2D eigenvalue weighted by Gasteiger charge is 2.30. The SMILES string of the molecule is COC(=O)C(C)(C)NC(=O)CCn1cnc2ccccc2c1=O. The highest BCUT2D eigenvalue weighted by atomic mass is 16.5. The molecule has 1 heterocycles. The maximum absolute atomic E-state index is 12.3. The molecule has 1 amide bonds. The van der Waals surface area contributed by atoms with Crippen molar-refractivity contribution in [3.63, 3.8) is 0 Å². The molecule has 0 spiro atoms. The predicted octanol–water partition coefficient (Wildman–Crippen LogP) is 0.854. The van der Waals surface area contributed by atoms with Crippen molar-refractivity contribution in [2.45, 2.75) is 32.4 Å². The summed E-state index contributed by atoms with van der Waals surface area (Å²) in [6.07, 6.45) is 1.48. The first-order valence-corrected chi connectivity index (χ1v) is 7.19. The van der Waals surface area contributed by atoms with Crippen LogP contribution in [0.15, 0.2) is 35.4 Å².